The maximum atomic E-state index is 11.3. The van der Waals surface area contributed by atoms with E-state index in [1.807, 2.05) is 0 Å². The molecule has 0 heterocycles. The molecule has 0 saturated carbocycles. The van der Waals surface area contributed by atoms with Crippen molar-refractivity contribution in [1.29, 1.82) is 0 Å². The van der Waals surface area contributed by atoms with Crippen LogP contribution in [0, 0.1) is 0 Å². The van der Waals surface area contributed by atoms with Gasteiger partial charge in [0, 0.05) is 12.8 Å². The summed E-state index contributed by atoms with van der Waals surface area (Å²) in [7, 11) is 0. The molecule has 0 aromatic carbocycles. The Kier molecular flexibility index (Phi) is 6.05. The zero-order valence-electron chi connectivity index (χ0n) is 5.69. The zero-order chi connectivity index (χ0) is 9.12. The summed E-state index contributed by atoms with van der Waals surface area (Å²) in [5.41, 5.74) is 0. The largest absolute Gasteiger partial charge is 1.00 e. The molecule has 0 amide bonds. The van der Waals surface area contributed by atoms with Crippen molar-refractivity contribution < 1.29 is 43.4 Å². The standard InChI is InChI=1S/C5H6F6.Cu/c6-4(7,8)2-1-3-5(9,10)11;/h1-3H2;/q;+1. The molecule has 0 aliphatic heterocycles. The third-order valence-electron chi connectivity index (χ3n) is 0.921. The fourth-order valence-corrected chi connectivity index (χ4v) is 0.489. The third kappa shape index (κ3) is 12.7. The molecule has 0 aliphatic carbocycles. The van der Waals surface area contributed by atoms with Gasteiger partial charge in [0.05, 0.1) is 0 Å². The molecule has 0 N–H and O–H groups in total. The molecule has 12 heavy (non-hydrogen) atoms. The molecular weight excluding hydrogens is 238 g/mol. The van der Waals surface area contributed by atoms with E-state index in [1.165, 1.54) is 0 Å². The van der Waals surface area contributed by atoms with Crippen LogP contribution in [0.1, 0.15) is 19.3 Å². The Hall–Kier alpha value is 0.0995. The van der Waals surface area contributed by atoms with E-state index < -0.39 is 31.6 Å². The number of alkyl halides is 6. The summed E-state index contributed by atoms with van der Waals surface area (Å²) in [4.78, 5) is 0. The van der Waals surface area contributed by atoms with Gasteiger partial charge in [-0.15, -0.1) is 0 Å². The molecule has 0 aliphatic rings. The van der Waals surface area contributed by atoms with Crippen LogP contribution in [0.2, 0.25) is 0 Å². The quantitative estimate of drug-likeness (QED) is 0.516. The molecule has 0 fully saturated rings. The van der Waals surface area contributed by atoms with E-state index in [9.17, 15) is 26.3 Å². The number of hydrogen-bond donors (Lipinski definition) is 0. The van der Waals surface area contributed by atoms with Gasteiger partial charge in [-0.2, -0.15) is 26.3 Å². The van der Waals surface area contributed by atoms with Crippen molar-refractivity contribution in [1.82, 2.24) is 0 Å². The number of halogens is 6. The molecule has 0 aromatic heterocycles. The van der Waals surface area contributed by atoms with Crippen LogP contribution in [-0.2, 0) is 17.1 Å². The topological polar surface area (TPSA) is 0 Å². The maximum absolute atomic E-state index is 11.3. The molecule has 0 bridgehead atoms. The first-order chi connectivity index (χ1) is 4.71. The predicted octanol–water partition coefficient (Wildman–Crippen LogP) is 3.28. The minimum atomic E-state index is -4.48. The van der Waals surface area contributed by atoms with Gasteiger partial charge in [-0.05, 0) is 6.42 Å². The Balaban J connectivity index is 0. The Morgan fingerprint density at radius 3 is 1.08 bits per heavy atom. The van der Waals surface area contributed by atoms with Crippen molar-refractivity contribution in [3.05, 3.63) is 0 Å². The van der Waals surface area contributed by atoms with E-state index in [1.54, 1.807) is 0 Å². The molecular formula is C5H6CuF6+. The summed E-state index contributed by atoms with van der Waals surface area (Å²) in [6.45, 7) is 0. The van der Waals surface area contributed by atoms with Crippen LogP contribution in [0.25, 0.3) is 0 Å². The van der Waals surface area contributed by atoms with E-state index in [4.69, 9.17) is 0 Å². The summed E-state index contributed by atoms with van der Waals surface area (Å²) >= 11 is 0. The van der Waals surface area contributed by atoms with Crippen molar-refractivity contribution in [2.45, 2.75) is 31.6 Å². The Bertz CT molecular complexity index is 100. The van der Waals surface area contributed by atoms with Gasteiger partial charge in [-0.1, -0.05) is 0 Å². The normalized spacial score (nSPS) is 12.5. The average Bonchev–Trinajstić information content (AvgIpc) is 1.55. The molecule has 0 unspecified atom stereocenters. The maximum Gasteiger partial charge on any atom is 1.00 e. The zero-order valence-corrected chi connectivity index (χ0v) is 6.63. The Labute approximate surface area is 75.8 Å². The second-order valence-corrected chi connectivity index (χ2v) is 2.08. The SMILES string of the molecule is FC(F)(F)CCCC(F)(F)F.[Cu+]. The average molecular weight is 244 g/mol. The number of rotatable bonds is 2. The van der Waals surface area contributed by atoms with Crippen LogP contribution in [0.15, 0.2) is 0 Å². The van der Waals surface area contributed by atoms with Crippen LogP contribution in [0.4, 0.5) is 26.3 Å². The van der Waals surface area contributed by atoms with Gasteiger partial charge < -0.3 is 0 Å². The van der Waals surface area contributed by atoms with Crippen LogP contribution in [0.3, 0.4) is 0 Å². The van der Waals surface area contributed by atoms with Gasteiger partial charge in [-0.3, -0.25) is 0 Å². The van der Waals surface area contributed by atoms with E-state index in [0.717, 1.165) is 0 Å². The minimum Gasteiger partial charge on any atom is -0.171 e. The smallest absolute Gasteiger partial charge is 0.171 e. The van der Waals surface area contributed by atoms with Crippen molar-refractivity contribution in [2.75, 3.05) is 0 Å². The first-order valence-corrected chi connectivity index (χ1v) is 2.84. The molecule has 0 saturated heterocycles. The van der Waals surface area contributed by atoms with E-state index in [-0.39, 0.29) is 17.1 Å². The summed E-state index contributed by atoms with van der Waals surface area (Å²) in [5.74, 6) is 0. The molecule has 0 spiro atoms. The molecule has 78 valence electrons. The fraction of sp³-hybridized carbons (Fsp3) is 1.00. The summed E-state index contributed by atoms with van der Waals surface area (Å²) in [6.07, 6.45) is -12.6. The van der Waals surface area contributed by atoms with Crippen molar-refractivity contribution in [2.24, 2.45) is 0 Å². The molecule has 0 radical (unpaired) electrons. The van der Waals surface area contributed by atoms with Gasteiger partial charge in [0.1, 0.15) is 0 Å². The molecule has 7 heteroatoms. The van der Waals surface area contributed by atoms with Crippen molar-refractivity contribution in [3.63, 3.8) is 0 Å². The summed E-state index contributed by atoms with van der Waals surface area (Å²) < 4.78 is 67.6. The second kappa shape index (κ2) is 4.97. The summed E-state index contributed by atoms with van der Waals surface area (Å²) in [6, 6.07) is 0. The third-order valence-corrected chi connectivity index (χ3v) is 0.921. The number of hydrogen-bond acceptors (Lipinski definition) is 0. The van der Waals surface area contributed by atoms with Crippen LogP contribution < -0.4 is 0 Å². The van der Waals surface area contributed by atoms with Gasteiger partial charge in [0.15, 0.2) is 0 Å². The molecule has 0 aromatic rings. The second-order valence-electron chi connectivity index (χ2n) is 2.08. The minimum absolute atomic E-state index is 0. The Morgan fingerprint density at radius 2 is 0.917 bits per heavy atom. The van der Waals surface area contributed by atoms with Gasteiger partial charge >= 0.3 is 29.4 Å². The summed E-state index contributed by atoms with van der Waals surface area (Å²) in [5, 5.41) is 0. The molecule has 0 nitrogen and oxygen atoms in total. The van der Waals surface area contributed by atoms with Gasteiger partial charge in [0.2, 0.25) is 0 Å². The van der Waals surface area contributed by atoms with E-state index in [2.05, 4.69) is 0 Å². The monoisotopic (exact) mass is 243 g/mol. The first-order valence-electron chi connectivity index (χ1n) is 2.84. The Morgan fingerprint density at radius 1 is 0.667 bits per heavy atom. The van der Waals surface area contributed by atoms with Crippen LogP contribution >= 0.6 is 0 Å². The van der Waals surface area contributed by atoms with Gasteiger partial charge in [0.25, 0.3) is 0 Å². The molecule has 0 atom stereocenters. The van der Waals surface area contributed by atoms with Crippen LogP contribution in [0.5, 0.6) is 0 Å². The first kappa shape index (κ1) is 14.6. The molecule has 0 rings (SSSR count). The van der Waals surface area contributed by atoms with Crippen molar-refractivity contribution >= 4 is 0 Å². The van der Waals surface area contributed by atoms with Gasteiger partial charge in [-0.25, -0.2) is 0 Å². The van der Waals surface area contributed by atoms with E-state index in [0.29, 0.717) is 0 Å². The predicted molar refractivity (Wildman–Crippen MR) is 26.0 cm³/mol. The van der Waals surface area contributed by atoms with Crippen molar-refractivity contribution in [3.8, 4) is 0 Å². The fourth-order valence-electron chi connectivity index (χ4n) is 0.489. The van der Waals surface area contributed by atoms with E-state index >= 15 is 0 Å². The van der Waals surface area contributed by atoms with Crippen LogP contribution in [-0.4, -0.2) is 12.4 Å².